The van der Waals surface area contributed by atoms with Gasteiger partial charge >= 0.3 is 11.9 Å². The molecule has 1 amide bonds. The fraction of sp³-hybridized carbons (Fsp3) is 0.667. The number of methoxy groups -OCH3 is 1. The first-order chi connectivity index (χ1) is 14.1. The normalized spacial score (nSPS) is 22.9. The molecule has 0 aromatic carbocycles. The quantitative estimate of drug-likeness (QED) is 0.143. The third-order valence-corrected chi connectivity index (χ3v) is 9.55. The van der Waals surface area contributed by atoms with Gasteiger partial charge in [0.05, 0.1) is 0 Å². The second-order valence-corrected chi connectivity index (χ2v) is 14.6. The van der Waals surface area contributed by atoms with Crippen LogP contribution < -0.4 is 5.09 Å². The Morgan fingerprint density at radius 1 is 1.26 bits per heavy atom. The molecule has 2 aliphatic rings. The van der Waals surface area contributed by atoms with E-state index in [2.05, 4.69) is 5.09 Å². The van der Waals surface area contributed by atoms with Gasteiger partial charge in [0.1, 0.15) is 11.1 Å². The van der Waals surface area contributed by atoms with Crippen LogP contribution in [0.4, 0.5) is 0 Å². The maximum absolute atomic E-state index is 12.4. The number of carbonyl (C=O) groups is 3. The van der Waals surface area contributed by atoms with Crippen molar-refractivity contribution in [1.29, 1.82) is 0 Å². The first-order valence-corrected chi connectivity index (χ1v) is 13.4. The number of carbonyl (C=O) groups excluding carboxylic acids is 2. The van der Waals surface area contributed by atoms with Crippen molar-refractivity contribution in [1.82, 2.24) is 9.99 Å². The lowest BCUT2D eigenvalue weighted by molar-refractivity contribution is -0.162. The van der Waals surface area contributed by atoms with Crippen LogP contribution >= 0.6 is 89.4 Å². The molecule has 0 aromatic rings. The molecule has 3 atom stereocenters. The number of hydrogen-bond donors (Lipinski definition) is 2. The molecule has 2 heterocycles. The van der Waals surface area contributed by atoms with Crippen molar-refractivity contribution >= 4 is 107 Å². The van der Waals surface area contributed by atoms with Crippen LogP contribution in [0.3, 0.4) is 0 Å². The van der Waals surface area contributed by atoms with Crippen molar-refractivity contribution in [3.05, 3.63) is 11.3 Å². The Morgan fingerprint density at radius 2 is 1.81 bits per heavy atom. The van der Waals surface area contributed by atoms with Crippen LogP contribution in [-0.4, -0.2) is 78.3 Å². The maximum atomic E-state index is 12.4. The lowest BCUT2D eigenvalue weighted by atomic mass is 10.0. The smallest absolute Gasteiger partial charge is 0.352 e. The molecule has 0 spiro atoms. The summed E-state index contributed by atoms with van der Waals surface area (Å²) in [5.74, 6) is -2.45. The first kappa shape index (κ1) is 27.8. The minimum Gasteiger partial charge on any atom is -0.477 e. The summed E-state index contributed by atoms with van der Waals surface area (Å²) >= 11 is 36.7. The molecule has 0 aromatic heterocycles. The van der Waals surface area contributed by atoms with E-state index in [1.807, 2.05) is 0 Å². The number of nitrogens with one attached hydrogen (secondary N) is 1. The number of carboxylic acids is 1. The molecule has 1 unspecified atom stereocenters. The largest absolute Gasteiger partial charge is 0.477 e. The number of hydrogen-bond acceptors (Lipinski definition) is 7. The number of β-lactam (4-membered cyclic amide) rings is 1. The molecule has 2 N–H and O–H groups in total. The van der Waals surface area contributed by atoms with E-state index in [-0.39, 0.29) is 29.3 Å². The lowest BCUT2D eigenvalue weighted by Gasteiger charge is -2.49. The van der Waals surface area contributed by atoms with E-state index >= 15 is 0 Å². The van der Waals surface area contributed by atoms with Crippen LogP contribution in [0.5, 0.6) is 0 Å². The average molecular weight is 597 g/mol. The lowest BCUT2D eigenvalue weighted by Crippen LogP contribution is -2.66. The van der Waals surface area contributed by atoms with Gasteiger partial charge in [-0.3, -0.25) is 19.6 Å². The minimum absolute atomic E-state index is 0.0848. The zero-order valence-electron chi connectivity index (χ0n) is 15.9. The summed E-state index contributed by atoms with van der Waals surface area (Å²) in [5.41, 5.74) is -0.161. The number of alkyl halides is 6. The molecule has 0 aliphatic carbocycles. The van der Waals surface area contributed by atoms with Gasteiger partial charge in [-0.15, -0.1) is 11.8 Å². The van der Waals surface area contributed by atoms with Crippen LogP contribution in [0, 0.1) is 0 Å². The predicted molar refractivity (Wildman–Crippen MR) is 124 cm³/mol. The van der Waals surface area contributed by atoms with Gasteiger partial charge in [-0.05, 0) is 8.07 Å². The van der Waals surface area contributed by atoms with Gasteiger partial charge in [0.15, 0.2) is 19.9 Å². The number of halogens is 6. The number of esters is 1. The summed E-state index contributed by atoms with van der Waals surface area (Å²) < 4.78 is 7.01. The molecule has 8 nitrogen and oxygen atoms in total. The number of ether oxygens (including phenoxy) is 2. The van der Waals surface area contributed by atoms with Crippen LogP contribution in [0.2, 0.25) is 0 Å². The second kappa shape index (κ2) is 10.9. The number of amides is 1. The van der Waals surface area contributed by atoms with Gasteiger partial charge in [0.2, 0.25) is 0 Å². The molecule has 0 bridgehead atoms. The summed E-state index contributed by atoms with van der Waals surface area (Å²) in [4.78, 5) is 37.3. The maximum Gasteiger partial charge on any atom is 0.352 e. The fourth-order valence-electron chi connectivity index (χ4n) is 2.98. The monoisotopic (exact) mass is 594 g/mol. The fourth-order valence-corrected chi connectivity index (χ4v) is 8.68. The van der Waals surface area contributed by atoms with E-state index < -0.39 is 51.2 Å². The van der Waals surface area contributed by atoms with Crippen LogP contribution in [-0.2, 0) is 23.9 Å². The first-order valence-electron chi connectivity index (χ1n) is 8.40. The zero-order valence-corrected chi connectivity index (χ0v) is 22.2. The number of rotatable bonds is 8. The molecule has 31 heavy (non-hydrogen) atoms. The van der Waals surface area contributed by atoms with Crippen molar-refractivity contribution < 1.29 is 29.0 Å². The van der Waals surface area contributed by atoms with E-state index in [4.69, 9.17) is 79.1 Å². The third kappa shape index (κ3) is 7.54. The van der Waals surface area contributed by atoms with E-state index in [0.717, 1.165) is 11.8 Å². The summed E-state index contributed by atoms with van der Waals surface area (Å²) in [6, 6.07) is 0. The van der Waals surface area contributed by atoms with Crippen molar-refractivity contribution in [3.63, 3.8) is 0 Å². The van der Waals surface area contributed by atoms with E-state index in [9.17, 15) is 19.5 Å². The Labute approximate surface area is 213 Å². The summed E-state index contributed by atoms with van der Waals surface area (Å²) in [6.07, 6.45) is -2.18. The standard InChI is InChI=1S/C15H17Cl6N2O6PS/c1-6(24)29-10(22-30(4-14(16,17)18)5-15(19,20)21)7-3-31-12-9(28-2)11(25)23(12)8(7)13(26)27/h9-10,12,22H,3-5H2,1-2H3,(H,26,27)/t9-,10?,12+/m0/s1. The van der Waals surface area contributed by atoms with Crippen molar-refractivity contribution in [3.8, 4) is 0 Å². The average Bonchev–Trinajstić information content (AvgIpc) is 2.56. The zero-order chi connectivity index (χ0) is 23.7. The molecule has 176 valence electrons. The van der Waals surface area contributed by atoms with Gasteiger partial charge in [0, 0.05) is 37.7 Å². The van der Waals surface area contributed by atoms with Gasteiger partial charge in [-0.2, -0.15) is 0 Å². The molecule has 2 rings (SSSR count). The van der Waals surface area contributed by atoms with Crippen molar-refractivity contribution in [2.45, 2.75) is 32.2 Å². The summed E-state index contributed by atoms with van der Waals surface area (Å²) in [5, 5.41) is 12.3. The highest BCUT2D eigenvalue weighted by Crippen LogP contribution is 2.49. The number of nitrogens with zero attached hydrogens (tertiary/aromatic N) is 1. The Balaban J connectivity index is 2.43. The van der Waals surface area contributed by atoms with Gasteiger partial charge in [-0.25, -0.2) is 4.79 Å². The van der Waals surface area contributed by atoms with Gasteiger partial charge in [-0.1, -0.05) is 69.6 Å². The topological polar surface area (TPSA) is 105 Å². The minimum atomic E-state index is -1.72. The number of thioether (sulfide) groups is 1. The summed E-state index contributed by atoms with van der Waals surface area (Å²) in [6.45, 7) is 1.15. The molecule has 2 aliphatic heterocycles. The Morgan fingerprint density at radius 3 is 2.23 bits per heavy atom. The number of aliphatic carboxylic acids is 1. The Hall–Kier alpha value is 0.590. The highest BCUT2D eigenvalue weighted by atomic mass is 35.6. The molecule has 0 saturated carbocycles. The SMILES string of the molecule is CO[C@H]1C(=O)N2C(C(=O)O)=C(C(NP(CC(Cl)(Cl)Cl)CC(Cl)(Cl)Cl)OC(C)=O)CS[C@H]12. The van der Waals surface area contributed by atoms with E-state index in [0.29, 0.717) is 0 Å². The van der Waals surface area contributed by atoms with Gasteiger partial charge < -0.3 is 14.6 Å². The van der Waals surface area contributed by atoms with E-state index in [1.54, 1.807) is 0 Å². The summed E-state index contributed by atoms with van der Waals surface area (Å²) in [7, 11) is -0.218. The van der Waals surface area contributed by atoms with Crippen molar-refractivity contribution in [2.75, 3.05) is 25.2 Å². The van der Waals surface area contributed by atoms with Gasteiger partial charge in [0.25, 0.3) is 5.91 Å². The van der Waals surface area contributed by atoms with Crippen LogP contribution in [0.25, 0.3) is 0 Å². The molecule has 1 fully saturated rings. The number of carboxylic acid groups (broad SMARTS) is 1. The molecule has 16 heteroatoms. The Bertz CT molecular complexity index is 760. The molecular weight excluding hydrogens is 580 g/mol. The highest BCUT2D eigenvalue weighted by Gasteiger charge is 2.55. The third-order valence-electron chi connectivity index (χ3n) is 4.05. The highest BCUT2D eigenvalue weighted by molar-refractivity contribution is 8.00. The molecule has 0 radical (unpaired) electrons. The van der Waals surface area contributed by atoms with Crippen LogP contribution in [0.1, 0.15) is 6.92 Å². The van der Waals surface area contributed by atoms with Crippen LogP contribution in [0.15, 0.2) is 11.3 Å². The number of fused-ring (bicyclic) bond motifs is 1. The van der Waals surface area contributed by atoms with E-state index in [1.165, 1.54) is 18.9 Å². The molecular formula is C15H17Cl6N2O6PS. The predicted octanol–water partition coefficient (Wildman–Crippen LogP) is 3.87. The van der Waals surface area contributed by atoms with Crippen molar-refractivity contribution in [2.24, 2.45) is 0 Å². The second-order valence-electron chi connectivity index (χ2n) is 6.45. The molecule has 1 saturated heterocycles. The Kier molecular flexibility index (Phi) is 9.78.